The van der Waals surface area contributed by atoms with Gasteiger partial charge in [-0.05, 0) is 38.5 Å². The fraction of sp³-hybridized carbons (Fsp3) is 1.00. The molecule has 74 valence electrons. The molecule has 0 aromatic carbocycles. The van der Waals surface area contributed by atoms with Crippen LogP contribution in [0.3, 0.4) is 0 Å². The molecule has 0 aliphatic rings. The van der Waals surface area contributed by atoms with E-state index in [2.05, 4.69) is 32.3 Å². The molecule has 1 nitrogen and oxygen atoms in total. The molecule has 0 aliphatic carbocycles. The molecule has 2 heteroatoms. The van der Waals surface area contributed by atoms with Gasteiger partial charge in [-0.3, -0.25) is 0 Å². The Morgan fingerprint density at radius 2 is 1.92 bits per heavy atom. The van der Waals surface area contributed by atoms with Crippen LogP contribution in [0.25, 0.3) is 0 Å². The van der Waals surface area contributed by atoms with Gasteiger partial charge in [0.2, 0.25) is 0 Å². The van der Waals surface area contributed by atoms with E-state index in [-0.39, 0.29) is 0 Å². The van der Waals surface area contributed by atoms with Crippen molar-refractivity contribution in [1.82, 2.24) is 5.32 Å². The predicted octanol–water partition coefficient (Wildman–Crippen LogP) is 2.76. The second-order valence-corrected chi connectivity index (χ2v) is 4.76. The molecule has 0 spiro atoms. The summed E-state index contributed by atoms with van der Waals surface area (Å²) in [5, 5.41) is 3.52. The molecule has 0 radical (unpaired) electrons. The smallest absolute Gasteiger partial charge is 0.0129 e. The summed E-state index contributed by atoms with van der Waals surface area (Å²) in [5.41, 5.74) is 0. The van der Waals surface area contributed by atoms with E-state index in [0.29, 0.717) is 6.04 Å². The highest BCUT2D eigenvalue weighted by molar-refractivity contribution is 7.98. The lowest BCUT2D eigenvalue weighted by Gasteiger charge is -2.12. The molecule has 12 heavy (non-hydrogen) atoms. The first-order valence-corrected chi connectivity index (χ1v) is 6.28. The summed E-state index contributed by atoms with van der Waals surface area (Å²) in [6.07, 6.45) is 4.82. The first kappa shape index (κ1) is 12.3. The number of nitrogens with one attached hydrogen (secondary N) is 1. The second-order valence-electron chi connectivity index (χ2n) is 3.85. The fourth-order valence-corrected chi connectivity index (χ4v) is 1.79. The van der Waals surface area contributed by atoms with Crippen LogP contribution >= 0.6 is 11.8 Å². The zero-order valence-corrected chi connectivity index (χ0v) is 9.71. The van der Waals surface area contributed by atoms with Crippen molar-refractivity contribution >= 4 is 11.8 Å². The largest absolute Gasteiger partial charge is 0.313 e. The monoisotopic (exact) mass is 189 g/mol. The first-order valence-electron chi connectivity index (χ1n) is 4.89. The Labute approximate surface area is 81.7 Å². The summed E-state index contributed by atoms with van der Waals surface area (Å²) in [4.78, 5) is 0. The van der Waals surface area contributed by atoms with Crippen LogP contribution in [0.2, 0.25) is 0 Å². The van der Waals surface area contributed by atoms with Gasteiger partial charge in [-0.15, -0.1) is 0 Å². The average molecular weight is 189 g/mol. The van der Waals surface area contributed by atoms with E-state index in [1.807, 2.05) is 11.8 Å². The predicted molar refractivity (Wildman–Crippen MR) is 59.9 cm³/mol. The Bertz CT molecular complexity index is 93.8. The van der Waals surface area contributed by atoms with Crippen molar-refractivity contribution in [3.05, 3.63) is 0 Å². The summed E-state index contributed by atoms with van der Waals surface area (Å²) in [6, 6.07) is 0.673. The number of hydrogen-bond acceptors (Lipinski definition) is 2. The molecule has 0 aliphatic heterocycles. The molecule has 0 saturated heterocycles. The Balaban J connectivity index is 3.08. The van der Waals surface area contributed by atoms with E-state index >= 15 is 0 Å². The topological polar surface area (TPSA) is 12.0 Å². The molecular weight excluding hydrogens is 166 g/mol. The number of thioether (sulfide) groups is 1. The van der Waals surface area contributed by atoms with Crippen molar-refractivity contribution in [3.63, 3.8) is 0 Å². The van der Waals surface area contributed by atoms with Crippen molar-refractivity contribution in [2.45, 2.75) is 39.7 Å². The van der Waals surface area contributed by atoms with Crippen LogP contribution in [0.5, 0.6) is 0 Å². The lowest BCUT2D eigenvalue weighted by molar-refractivity contribution is 0.506. The van der Waals surface area contributed by atoms with Gasteiger partial charge in [0.25, 0.3) is 0 Å². The van der Waals surface area contributed by atoms with Gasteiger partial charge < -0.3 is 5.32 Å². The van der Waals surface area contributed by atoms with Crippen LogP contribution in [0.1, 0.15) is 33.6 Å². The van der Waals surface area contributed by atoms with Crippen LogP contribution in [-0.4, -0.2) is 24.6 Å². The van der Waals surface area contributed by atoms with Gasteiger partial charge in [-0.2, -0.15) is 11.8 Å². The quantitative estimate of drug-likeness (QED) is 0.618. The second kappa shape index (κ2) is 7.93. The third-order valence-corrected chi connectivity index (χ3v) is 2.70. The summed E-state index contributed by atoms with van der Waals surface area (Å²) in [5.74, 6) is 2.07. The zero-order chi connectivity index (χ0) is 9.40. The van der Waals surface area contributed by atoms with E-state index in [4.69, 9.17) is 0 Å². The third kappa shape index (κ3) is 8.41. The third-order valence-electron chi connectivity index (χ3n) is 1.87. The summed E-state index contributed by atoms with van der Waals surface area (Å²) in [6.45, 7) is 8.00. The molecule has 1 N–H and O–H groups in total. The van der Waals surface area contributed by atoms with E-state index in [9.17, 15) is 0 Å². The van der Waals surface area contributed by atoms with Crippen LogP contribution in [0.15, 0.2) is 0 Å². The van der Waals surface area contributed by atoms with Crippen LogP contribution in [0.4, 0.5) is 0 Å². The van der Waals surface area contributed by atoms with Crippen LogP contribution in [-0.2, 0) is 0 Å². The SMILES string of the molecule is CSCC(C)NCCCC(C)C. The molecule has 0 bridgehead atoms. The van der Waals surface area contributed by atoms with Gasteiger partial charge in [-0.1, -0.05) is 13.8 Å². The number of rotatable bonds is 7. The van der Waals surface area contributed by atoms with Crippen molar-refractivity contribution in [1.29, 1.82) is 0 Å². The van der Waals surface area contributed by atoms with Gasteiger partial charge >= 0.3 is 0 Å². The van der Waals surface area contributed by atoms with Crippen molar-refractivity contribution in [3.8, 4) is 0 Å². The Kier molecular flexibility index (Phi) is 8.14. The van der Waals surface area contributed by atoms with Crippen molar-refractivity contribution in [2.75, 3.05) is 18.6 Å². The summed E-state index contributed by atoms with van der Waals surface area (Å²) < 4.78 is 0. The minimum atomic E-state index is 0.673. The van der Waals surface area contributed by atoms with Gasteiger partial charge in [0.05, 0.1) is 0 Å². The molecule has 0 aromatic rings. The first-order chi connectivity index (χ1) is 5.66. The van der Waals surface area contributed by atoms with Gasteiger partial charge in [0.15, 0.2) is 0 Å². The average Bonchev–Trinajstić information content (AvgIpc) is 1.98. The normalized spacial score (nSPS) is 13.8. The van der Waals surface area contributed by atoms with E-state index < -0.39 is 0 Å². The minimum absolute atomic E-state index is 0.673. The Hall–Kier alpha value is 0.310. The lowest BCUT2D eigenvalue weighted by atomic mass is 10.1. The highest BCUT2D eigenvalue weighted by Gasteiger charge is 1.99. The number of hydrogen-bond donors (Lipinski definition) is 1. The molecule has 0 fully saturated rings. The zero-order valence-electron chi connectivity index (χ0n) is 8.89. The molecule has 0 heterocycles. The maximum Gasteiger partial charge on any atom is 0.0129 e. The van der Waals surface area contributed by atoms with Gasteiger partial charge in [-0.25, -0.2) is 0 Å². The molecule has 0 saturated carbocycles. The molecule has 1 unspecified atom stereocenters. The molecule has 0 amide bonds. The Morgan fingerprint density at radius 3 is 2.42 bits per heavy atom. The Morgan fingerprint density at radius 1 is 1.25 bits per heavy atom. The van der Waals surface area contributed by atoms with Crippen LogP contribution < -0.4 is 5.32 Å². The fourth-order valence-electron chi connectivity index (χ4n) is 1.17. The van der Waals surface area contributed by atoms with E-state index in [1.165, 1.54) is 25.1 Å². The molecular formula is C10H23NS. The molecule has 0 aromatic heterocycles. The van der Waals surface area contributed by atoms with E-state index in [0.717, 1.165) is 5.92 Å². The van der Waals surface area contributed by atoms with Crippen molar-refractivity contribution < 1.29 is 0 Å². The lowest BCUT2D eigenvalue weighted by Crippen LogP contribution is -2.29. The maximum atomic E-state index is 3.52. The van der Waals surface area contributed by atoms with Gasteiger partial charge in [0.1, 0.15) is 0 Å². The minimum Gasteiger partial charge on any atom is -0.313 e. The molecule has 1 atom stereocenters. The highest BCUT2D eigenvalue weighted by Crippen LogP contribution is 2.02. The standard InChI is InChI=1S/C10H23NS/c1-9(2)6-5-7-11-10(3)8-12-4/h9-11H,5-8H2,1-4H3. The van der Waals surface area contributed by atoms with Crippen LogP contribution in [0, 0.1) is 5.92 Å². The van der Waals surface area contributed by atoms with Gasteiger partial charge in [0, 0.05) is 11.8 Å². The van der Waals surface area contributed by atoms with Crippen molar-refractivity contribution in [2.24, 2.45) is 5.92 Å². The maximum absolute atomic E-state index is 3.52. The highest BCUT2D eigenvalue weighted by atomic mass is 32.2. The summed E-state index contributed by atoms with van der Waals surface area (Å²) in [7, 11) is 0. The van der Waals surface area contributed by atoms with E-state index in [1.54, 1.807) is 0 Å². The summed E-state index contributed by atoms with van der Waals surface area (Å²) >= 11 is 1.91. The molecule has 0 rings (SSSR count).